The molecule has 7 heteroatoms. The third kappa shape index (κ3) is 5.35. The van der Waals surface area contributed by atoms with E-state index in [4.69, 9.17) is 4.74 Å². The molecular weight excluding hydrogens is 434 g/mol. The minimum atomic E-state index is -0.194. The molecule has 1 unspecified atom stereocenters. The van der Waals surface area contributed by atoms with Crippen molar-refractivity contribution in [3.63, 3.8) is 0 Å². The summed E-state index contributed by atoms with van der Waals surface area (Å²) in [6.45, 7) is 5.01. The van der Waals surface area contributed by atoms with Crippen molar-refractivity contribution in [1.29, 1.82) is 0 Å². The maximum absolute atomic E-state index is 12.8. The summed E-state index contributed by atoms with van der Waals surface area (Å²) in [6.07, 6.45) is 2.77. The normalized spacial score (nSPS) is 16.4. The largest absolute Gasteiger partial charge is 0.466 e. The smallest absolute Gasteiger partial charge is 0.306 e. The number of hydrogen-bond acceptors (Lipinski definition) is 5. The highest BCUT2D eigenvalue weighted by molar-refractivity contribution is 9.10. The molecule has 0 saturated carbocycles. The maximum atomic E-state index is 12.8. The van der Waals surface area contributed by atoms with Gasteiger partial charge in [0, 0.05) is 29.9 Å². The number of halogens is 1. The molecule has 1 aromatic carbocycles. The summed E-state index contributed by atoms with van der Waals surface area (Å²) in [7, 11) is 1.95. The second-order valence-electron chi connectivity index (χ2n) is 7.61. The van der Waals surface area contributed by atoms with Gasteiger partial charge in [0.2, 0.25) is 0 Å². The molecule has 29 heavy (non-hydrogen) atoms. The first-order chi connectivity index (χ1) is 13.8. The Labute approximate surface area is 179 Å². The number of carbonyl (C=O) groups excluding carboxylic acids is 2. The second-order valence-corrected chi connectivity index (χ2v) is 8.53. The van der Waals surface area contributed by atoms with Gasteiger partial charge in [-0.3, -0.25) is 9.59 Å². The quantitative estimate of drug-likeness (QED) is 0.647. The maximum Gasteiger partial charge on any atom is 0.306 e. The number of amides is 1. The number of rotatable bonds is 6. The van der Waals surface area contributed by atoms with Crippen LogP contribution in [-0.2, 0) is 9.53 Å². The van der Waals surface area contributed by atoms with Gasteiger partial charge in [-0.05, 0) is 48.1 Å². The number of hydrogen-bond donors (Lipinski definition) is 1. The first kappa shape index (κ1) is 21.3. The standard InChI is InChI=1S/C22H26BrN3O3/c1-14(2)18-11-20(26(3)17-6-4-5-16(23)10-17)24-13-19(18)22(28)25-12-15-7-8-29-21(27)9-15/h4-6,10-11,13-15H,7-9,12H2,1-3H3,(H,25,28). The Bertz CT molecular complexity index is 901. The third-order valence-corrected chi connectivity index (χ3v) is 5.62. The van der Waals surface area contributed by atoms with Gasteiger partial charge in [0.15, 0.2) is 0 Å². The zero-order valence-corrected chi connectivity index (χ0v) is 18.5. The van der Waals surface area contributed by atoms with Crippen LogP contribution < -0.4 is 10.2 Å². The topological polar surface area (TPSA) is 71.5 Å². The fourth-order valence-corrected chi connectivity index (χ4v) is 3.76. The monoisotopic (exact) mass is 459 g/mol. The van der Waals surface area contributed by atoms with Crippen molar-refractivity contribution in [3.05, 3.63) is 52.1 Å². The molecule has 0 radical (unpaired) electrons. The Hall–Kier alpha value is -2.41. The minimum Gasteiger partial charge on any atom is -0.466 e. The van der Waals surface area contributed by atoms with Crippen LogP contribution in [-0.4, -0.2) is 37.1 Å². The van der Waals surface area contributed by atoms with Crippen LogP contribution in [0.1, 0.15) is 48.5 Å². The molecular formula is C22H26BrN3O3. The molecule has 1 atom stereocenters. The van der Waals surface area contributed by atoms with Crippen molar-refractivity contribution in [2.24, 2.45) is 5.92 Å². The summed E-state index contributed by atoms with van der Waals surface area (Å²) in [6, 6.07) is 9.95. The molecule has 2 aromatic rings. The van der Waals surface area contributed by atoms with E-state index in [-0.39, 0.29) is 23.7 Å². The van der Waals surface area contributed by atoms with Gasteiger partial charge in [-0.2, -0.15) is 0 Å². The van der Waals surface area contributed by atoms with E-state index in [1.54, 1.807) is 6.20 Å². The summed E-state index contributed by atoms with van der Waals surface area (Å²) >= 11 is 3.50. The van der Waals surface area contributed by atoms with Crippen LogP contribution in [0.2, 0.25) is 0 Å². The molecule has 0 aliphatic carbocycles. The lowest BCUT2D eigenvalue weighted by Crippen LogP contribution is -2.34. The van der Waals surface area contributed by atoms with Gasteiger partial charge < -0.3 is 15.0 Å². The van der Waals surface area contributed by atoms with Gasteiger partial charge in [0.25, 0.3) is 5.91 Å². The average Bonchev–Trinajstić information content (AvgIpc) is 2.71. The number of aromatic nitrogens is 1. The van der Waals surface area contributed by atoms with Gasteiger partial charge in [0.1, 0.15) is 5.82 Å². The van der Waals surface area contributed by atoms with Crippen LogP contribution in [0.4, 0.5) is 11.5 Å². The Morgan fingerprint density at radius 2 is 2.17 bits per heavy atom. The third-order valence-electron chi connectivity index (χ3n) is 5.12. The first-order valence-electron chi connectivity index (χ1n) is 9.78. The molecule has 0 bridgehead atoms. The van der Waals surface area contributed by atoms with E-state index in [0.29, 0.717) is 25.1 Å². The summed E-state index contributed by atoms with van der Waals surface area (Å²) in [4.78, 5) is 30.7. The second kappa shape index (κ2) is 9.39. The van der Waals surface area contributed by atoms with Gasteiger partial charge in [-0.1, -0.05) is 35.8 Å². The fraction of sp³-hybridized carbons (Fsp3) is 0.409. The number of anilines is 2. The highest BCUT2D eigenvalue weighted by Gasteiger charge is 2.23. The predicted molar refractivity (Wildman–Crippen MR) is 117 cm³/mol. The SMILES string of the molecule is CC(C)c1cc(N(C)c2cccc(Br)c2)ncc1C(=O)NCC1CCOC(=O)C1. The number of ether oxygens (including phenoxy) is 1. The summed E-state index contributed by atoms with van der Waals surface area (Å²) in [5.41, 5.74) is 2.52. The number of nitrogens with zero attached hydrogens (tertiary/aromatic N) is 2. The zero-order chi connectivity index (χ0) is 21.0. The van der Waals surface area contributed by atoms with Crippen molar-refractivity contribution >= 4 is 39.3 Å². The summed E-state index contributed by atoms with van der Waals surface area (Å²) in [5.74, 6) is 0.714. The Balaban J connectivity index is 1.77. The van der Waals surface area contributed by atoms with E-state index in [1.165, 1.54) is 0 Å². The van der Waals surface area contributed by atoms with Crippen LogP contribution in [0.3, 0.4) is 0 Å². The molecule has 1 aliphatic rings. The molecule has 2 heterocycles. The molecule has 3 rings (SSSR count). The van der Waals surface area contributed by atoms with Gasteiger partial charge >= 0.3 is 5.97 Å². The van der Waals surface area contributed by atoms with Crippen LogP contribution in [0.15, 0.2) is 41.0 Å². The molecule has 6 nitrogen and oxygen atoms in total. The number of pyridine rings is 1. The van der Waals surface area contributed by atoms with Crippen LogP contribution in [0.5, 0.6) is 0 Å². The van der Waals surface area contributed by atoms with Crippen molar-refractivity contribution in [3.8, 4) is 0 Å². The molecule has 1 aliphatic heterocycles. The molecule has 1 amide bonds. The molecule has 1 saturated heterocycles. The number of esters is 1. The molecule has 154 valence electrons. The lowest BCUT2D eigenvalue weighted by molar-refractivity contribution is -0.149. The van der Waals surface area contributed by atoms with Crippen molar-refractivity contribution in [1.82, 2.24) is 10.3 Å². The van der Waals surface area contributed by atoms with Gasteiger partial charge in [-0.25, -0.2) is 4.98 Å². The van der Waals surface area contributed by atoms with E-state index in [1.807, 2.05) is 42.3 Å². The van der Waals surface area contributed by atoms with Crippen LogP contribution in [0, 0.1) is 5.92 Å². The van der Waals surface area contributed by atoms with E-state index in [0.717, 1.165) is 28.0 Å². The molecule has 1 N–H and O–H groups in total. The van der Waals surface area contributed by atoms with E-state index < -0.39 is 0 Å². The van der Waals surface area contributed by atoms with E-state index in [2.05, 4.69) is 40.1 Å². The number of carbonyl (C=O) groups is 2. The zero-order valence-electron chi connectivity index (χ0n) is 16.9. The van der Waals surface area contributed by atoms with Crippen molar-refractivity contribution in [2.75, 3.05) is 25.1 Å². The highest BCUT2D eigenvalue weighted by atomic mass is 79.9. The Kier molecular flexibility index (Phi) is 6.90. The lowest BCUT2D eigenvalue weighted by atomic mass is 9.97. The summed E-state index contributed by atoms with van der Waals surface area (Å²) in [5, 5.41) is 2.97. The number of benzene rings is 1. The first-order valence-corrected chi connectivity index (χ1v) is 10.6. The van der Waals surface area contributed by atoms with Crippen LogP contribution in [0.25, 0.3) is 0 Å². The minimum absolute atomic E-state index is 0.123. The van der Waals surface area contributed by atoms with Gasteiger partial charge in [0.05, 0.1) is 18.6 Å². The van der Waals surface area contributed by atoms with Crippen molar-refractivity contribution < 1.29 is 14.3 Å². The van der Waals surface area contributed by atoms with Crippen molar-refractivity contribution in [2.45, 2.75) is 32.6 Å². The fourth-order valence-electron chi connectivity index (χ4n) is 3.37. The van der Waals surface area contributed by atoms with Gasteiger partial charge in [-0.15, -0.1) is 0 Å². The molecule has 0 spiro atoms. The molecule has 1 fully saturated rings. The molecule has 1 aromatic heterocycles. The van der Waals surface area contributed by atoms with Crippen LogP contribution >= 0.6 is 15.9 Å². The lowest BCUT2D eigenvalue weighted by Gasteiger charge is -2.23. The average molecular weight is 460 g/mol. The van der Waals surface area contributed by atoms with E-state index in [9.17, 15) is 9.59 Å². The Morgan fingerprint density at radius 1 is 1.38 bits per heavy atom. The number of cyclic esters (lactones) is 1. The highest BCUT2D eigenvalue weighted by Crippen LogP contribution is 2.28. The summed E-state index contributed by atoms with van der Waals surface area (Å²) < 4.78 is 5.95. The number of nitrogens with one attached hydrogen (secondary N) is 1. The van der Waals surface area contributed by atoms with E-state index >= 15 is 0 Å². The Morgan fingerprint density at radius 3 is 2.86 bits per heavy atom. The predicted octanol–water partition coefficient (Wildman–Crippen LogP) is 4.42.